The Balaban J connectivity index is 1.51. The number of amides is 1. The Morgan fingerprint density at radius 2 is 2.21 bits per heavy atom. The lowest BCUT2D eigenvalue weighted by Gasteiger charge is -2.29. The van der Waals surface area contributed by atoms with E-state index in [2.05, 4.69) is 5.32 Å². The Kier molecular flexibility index (Phi) is 5.06. The molecule has 2 unspecified atom stereocenters. The summed E-state index contributed by atoms with van der Waals surface area (Å²) in [6, 6.07) is 1.05. The molecule has 2 fully saturated rings. The predicted molar refractivity (Wildman–Crippen MR) is 97.0 cm³/mol. The van der Waals surface area contributed by atoms with Crippen molar-refractivity contribution >= 4 is 21.8 Å². The number of halogens is 1. The summed E-state index contributed by atoms with van der Waals surface area (Å²) in [6.45, 7) is 2.02. The quantitative estimate of drug-likeness (QED) is 0.621. The number of benzene rings is 1. The predicted octanol–water partition coefficient (Wildman–Crippen LogP) is 0.0320. The zero-order chi connectivity index (χ0) is 19.9. The van der Waals surface area contributed by atoms with Gasteiger partial charge in [-0.25, -0.2) is 13.4 Å². The van der Waals surface area contributed by atoms with E-state index >= 15 is 4.39 Å². The highest BCUT2D eigenvalue weighted by Gasteiger charge is 2.39. The largest absolute Gasteiger partial charge is 0.505 e. The molecular formula is C17H22FN3O6S. The van der Waals surface area contributed by atoms with Gasteiger partial charge in [-0.15, -0.1) is 0 Å². The average Bonchev–Trinajstić information content (AvgIpc) is 3.23. The second-order valence-electron chi connectivity index (χ2n) is 7.26. The minimum atomic E-state index is -4.23. The minimum Gasteiger partial charge on any atom is -0.505 e. The molecule has 1 aromatic carbocycles. The summed E-state index contributed by atoms with van der Waals surface area (Å²) < 4.78 is 52.5. The molecule has 3 aliphatic heterocycles. The Hall–Kier alpha value is -2.11. The lowest BCUT2D eigenvalue weighted by molar-refractivity contribution is -0.117. The summed E-state index contributed by atoms with van der Waals surface area (Å²) in [5.41, 5.74) is -0.361. The number of nitrogens with zero attached hydrogens (tertiary/aromatic N) is 1. The van der Waals surface area contributed by atoms with E-state index in [1.807, 2.05) is 0 Å². The second-order valence-corrected chi connectivity index (χ2v) is 8.85. The number of nitrogens with one attached hydrogen (secondary N) is 2. The number of phenolic OH excluding ortho intramolecular Hbond substituents is 1. The van der Waals surface area contributed by atoms with Gasteiger partial charge in [0.05, 0.1) is 0 Å². The lowest BCUT2D eigenvalue weighted by atomic mass is 9.99. The zero-order valence-corrected chi connectivity index (χ0v) is 15.9. The van der Waals surface area contributed by atoms with Crippen molar-refractivity contribution < 1.29 is 32.2 Å². The minimum absolute atomic E-state index is 0.142. The molecule has 0 radical (unpaired) electrons. The van der Waals surface area contributed by atoms with Crippen molar-refractivity contribution in [2.75, 3.05) is 37.2 Å². The number of rotatable bonds is 5. The second kappa shape index (κ2) is 7.37. The maximum absolute atomic E-state index is 15.1. The molecule has 0 aromatic heterocycles. The number of carbonyl (C=O) groups is 1. The van der Waals surface area contributed by atoms with E-state index in [4.69, 9.17) is 9.47 Å². The van der Waals surface area contributed by atoms with Gasteiger partial charge in [0, 0.05) is 30.9 Å². The van der Waals surface area contributed by atoms with Gasteiger partial charge >= 0.3 is 10.2 Å². The summed E-state index contributed by atoms with van der Waals surface area (Å²) in [5, 5.41) is 13.5. The van der Waals surface area contributed by atoms with Crippen LogP contribution in [0.25, 0.3) is 0 Å². The van der Waals surface area contributed by atoms with E-state index in [0.717, 1.165) is 32.6 Å². The maximum Gasteiger partial charge on any atom is 0.326 e. The van der Waals surface area contributed by atoms with Crippen LogP contribution < -0.4 is 19.1 Å². The summed E-state index contributed by atoms with van der Waals surface area (Å²) in [7, 11) is -4.23. The number of ether oxygens (including phenoxy) is 2. The van der Waals surface area contributed by atoms with Gasteiger partial charge in [-0.3, -0.25) is 4.79 Å². The third-order valence-electron chi connectivity index (χ3n) is 5.25. The van der Waals surface area contributed by atoms with Crippen molar-refractivity contribution in [2.45, 2.75) is 25.3 Å². The molecule has 2 atom stereocenters. The molecule has 9 nitrogen and oxygen atoms in total. The summed E-state index contributed by atoms with van der Waals surface area (Å²) in [5.74, 6) is -1.58. The zero-order valence-electron chi connectivity index (χ0n) is 15.1. The SMILES string of the molecule is O=C1CN(c2c(O)cc3c(c2F)CC(NCCC2CCOC2)CO3)S(=O)(=O)N1. The molecule has 0 aliphatic carbocycles. The molecule has 0 bridgehead atoms. The molecule has 0 spiro atoms. The van der Waals surface area contributed by atoms with Crippen LogP contribution in [0.2, 0.25) is 0 Å². The van der Waals surface area contributed by atoms with Crippen LogP contribution in [0.5, 0.6) is 11.5 Å². The van der Waals surface area contributed by atoms with E-state index in [0.29, 0.717) is 16.8 Å². The molecule has 1 amide bonds. The highest BCUT2D eigenvalue weighted by atomic mass is 32.2. The maximum atomic E-state index is 15.1. The third kappa shape index (κ3) is 3.61. The topological polar surface area (TPSA) is 117 Å². The first-order valence-electron chi connectivity index (χ1n) is 9.16. The molecule has 0 saturated carbocycles. The van der Waals surface area contributed by atoms with Gasteiger partial charge in [-0.2, -0.15) is 8.42 Å². The first-order valence-corrected chi connectivity index (χ1v) is 10.6. The number of hydrogen-bond acceptors (Lipinski definition) is 7. The molecule has 3 N–H and O–H groups in total. The van der Waals surface area contributed by atoms with Gasteiger partial charge < -0.3 is 19.9 Å². The fraction of sp³-hybridized carbons (Fsp3) is 0.588. The van der Waals surface area contributed by atoms with Crippen molar-refractivity contribution in [2.24, 2.45) is 5.92 Å². The molecule has 3 aliphatic rings. The smallest absolute Gasteiger partial charge is 0.326 e. The van der Waals surface area contributed by atoms with Gasteiger partial charge in [-0.05, 0) is 31.7 Å². The van der Waals surface area contributed by atoms with Crippen LogP contribution in [-0.4, -0.2) is 58.4 Å². The molecule has 1 aromatic rings. The van der Waals surface area contributed by atoms with Crippen LogP contribution in [0, 0.1) is 11.7 Å². The van der Waals surface area contributed by atoms with Crippen molar-refractivity contribution in [3.63, 3.8) is 0 Å². The van der Waals surface area contributed by atoms with Gasteiger partial charge in [0.2, 0.25) is 0 Å². The summed E-state index contributed by atoms with van der Waals surface area (Å²) in [4.78, 5) is 11.5. The lowest BCUT2D eigenvalue weighted by Crippen LogP contribution is -2.40. The van der Waals surface area contributed by atoms with Crippen LogP contribution in [-0.2, 0) is 26.2 Å². The van der Waals surface area contributed by atoms with E-state index in [1.165, 1.54) is 6.07 Å². The first-order chi connectivity index (χ1) is 13.3. The highest BCUT2D eigenvalue weighted by molar-refractivity contribution is 7.92. The number of aromatic hydroxyl groups is 1. The molecule has 28 heavy (non-hydrogen) atoms. The number of hydrogen-bond donors (Lipinski definition) is 3. The summed E-state index contributed by atoms with van der Waals surface area (Å²) >= 11 is 0. The van der Waals surface area contributed by atoms with E-state index in [9.17, 15) is 18.3 Å². The summed E-state index contributed by atoms with van der Waals surface area (Å²) in [6.07, 6.45) is 2.28. The standard InChI is InChI=1S/C17H22FN3O6S/c18-16-12-5-11(19-3-1-10-2-4-26-8-10)9-27-14(12)6-13(22)17(16)21-7-15(23)20-28(21,24)25/h6,10-11,19,22H,1-5,7-9H2,(H,20,23). The normalized spacial score (nSPS) is 26.0. The van der Waals surface area contributed by atoms with Crippen LogP contribution in [0.4, 0.5) is 10.1 Å². The molecule has 3 heterocycles. The monoisotopic (exact) mass is 415 g/mol. The van der Waals surface area contributed by atoms with Crippen LogP contribution in [0.15, 0.2) is 6.07 Å². The Bertz CT molecular complexity index is 887. The number of phenols is 1. The molecular weight excluding hydrogens is 393 g/mol. The van der Waals surface area contributed by atoms with E-state index in [1.54, 1.807) is 4.72 Å². The highest BCUT2D eigenvalue weighted by Crippen LogP contribution is 2.41. The van der Waals surface area contributed by atoms with E-state index in [-0.39, 0.29) is 23.8 Å². The number of anilines is 1. The van der Waals surface area contributed by atoms with Gasteiger partial charge in [0.15, 0.2) is 5.82 Å². The fourth-order valence-electron chi connectivity index (χ4n) is 3.77. The molecule has 4 rings (SSSR count). The molecule has 2 saturated heterocycles. The van der Waals surface area contributed by atoms with Crippen molar-refractivity contribution in [3.05, 3.63) is 17.4 Å². The average molecular weight is 415 g/mol. The fourth-order valence-corrected chi connectivity index (χ4v) is 4.94. The van der Waals surface area contributed by atoms with Crippen LogP contribution >= 0.6 is 0 Å². The van der Waals surface area contributed by atoms with Crippen LogP contribution in [0.1, 0.15) is 18.4 Å². The molecule has 154 valence electrons. The Morgan fingerprint density at radius 3 is 2.89 bits per heavy atom. The van der Waals surface area contributed by atoms with Gasteiger partial charge in [0.25, 0.3) is 5.91 Å². The first kappa shape index (κ1) is 19.2. The number of carbonyl (C=O) groups excluding carboxylic acids is 1. The van der Waals surface area contributed by atoms with Crippen molar-refractivity contribution in [1.29, 1.82) is 0 Å². The Morgan fingerprint density at radius 1 is 1.39 bits per heavy atom. The van der Waals surface area contributed by atoms with Crippen LogP contribution in [0.3, 0.4) is 0 Å². The Labute approximate surface area is 162 Å². The number of fused-ring (bicyclic) bond motifs is 1. The third-order valence-corrected chi connectivity index (χ3v) is 6.63. The van der Waals surface area contributed by atoms with Crippen molar-refractivity contribution in [1.82, 2.24) is 10.0 Å². The van der Waals surface area contributed by atoms with E-state index < -0.39 is 39.9 Å². The van der Waals surface area contributed by atoms with Gasteiger partial charge in [0.1, 0.15) is 30.3 Å². The van der Waals surface area contributed by atoms with Crippen molar-refractivity contribution in [3.8, 4) is 11.5 Å². The molecule has 11 heteroatoms. The van der Waals surface area contributed by atoms with Gasteiger partial charge in [-0.1, -0.05) is 0 Å².